The number of carbonyl (C=O) groups excluding carboxylic acids is 1. The van der Waals surface area contributed by atoms with E-state index in [1.807, 2.05) is 12.1 Å². The lowest BCUT2D eigenvalue weighted by atomic mass is 9.87. The normalized spacial score (nSPS) is 12.5. The highest BCUT2D eigenvalue weighted by atomic mass is 16.5. The first-order valence-corrected chi connectivity index (χ1v) is 8.55. The van der Waals surface area contributed by atoms with Gasteiger partial charge in [-0.15, -0.1) is 0 Å². The molecule has 0 radical (unpaired) electrons. The van der Waals surface area contributed by atoms with Gasteiger partial charge in [-0.25, -0.2) is 0 Å². The van der Waals surface area contributed by atoms with Gasteiger partial charge in [0, 0.05) is 5.56 Å². The second-order valence-corrected chi connectivity index (χ2v) is 7.38. The second kappa shape index (κ2) is 7.79. The number of benzene rings is 2. The van der Waals surface area contributed by atoms with Crippen molar-refractivity contribution in [2.45, 2.75) is 46.1 Å². The number of carbonyl (C=O) groups is 1. The second-order valence-electron chi connectivity index (χ2n) is 7.38. The van der Waals surface area contributed by atoms with Crippen molar-refractivity contribution < 1.29 is 24.2 Å². The number of rotatable bonds is 4. The molecular weight excluding hydrogens is 332 g/mol. The first-order chi connectivity index (χ1) is 12.1. The molecule has 1 atom stereocenters. The van der Waals surface area contributed by atoms with E-state index in [0.717, 1.165) is 11.2 Å². The molecule has 5 heteroatoms. The molecule has 3 rings (SSSR count). The Bertz CT molecular complexity index is 855. The summed E-state index contributed by atoms with van der Waals surface area (Å²) in [6.07, 6.45) is -0.618. The lowest BCUT2D eigenvalue weighted by molar-refractivity contribution is 0.0992. The number of Topliss-reactive ketones (excluding diaryl/α,β-unsaturated/α-hetero) is 1. The van der Waals surface area contributed by atoms with Crippen LogP contribution in [0.2, 0.25) is 0 Å². The average Bonchev–Trinajstić information content (AvgIpc) is 3.15. The molecule has 0 spiro atoms. The summed E-state index contributed by atoms with van der Waals surface area (Å²) in [6, 6.07) is 10.7. The lowest BCUT2D eigenvalue weighted by Gasteiger charge is -2.16. The summed E-state index contributed by atoms with van der Waals surface area (Å²) in [5.74, 6) is -0.0808. The number of furan rings is 2. The Balaban J connectivity index is 0.000000195. The molecule has 2 N–H and O–H groups in total. The topological polar surface area (TPSA) is 79.9 Å². The number of aromatic hydroxyl groups is 1. The van der Waals surface area contributed by atoms with Gasteiger partial charge < -0.3 is 19.4 Å². The monoisotopic (exact) mass is 358 g/mol. The zero-order valence-electron chi connectivity index (χ0n) is 15.9. The van der Waals surface area contributed by atoms with Gasteiger partial charge in [-0.2, -0.15) is 0 Å². The van der Waals surface area contributed by atoms with E-state index in [4.69, 9.17) is 14.3 Å². The van der Waals surface area contributed by atoms with Gasteiger partial charge in [0.1, 0.15) is 34.8 Å². The largest absolute Gasteiger partial charge is 0.507 e. The Morgan fingerprint density at radius 1 is 1.23 bits per heavy atom. The van der Waals surface area contributed by atoms with Crippen molar-refractivity contribution >= 4 is 16.9 Å². The van der Waals surface area contributed by atoms with E-state index in [-0.39, 0.29) is 29.1 Å². The molecule has 3 aromatic rings. The maximum absolute atomic E-state index is 11.2. The van der Waals surface area contributed by atoms with Gasteiger partial charge >= 0.3 is 0 Å². The van der Waals surface area contributed by atoms with E-state index in [9.17, 15) is 9.90 Å². The van der Waals surface area contributed by atoms with E-state index < -0.39 is 6.10 Å². The molecule has 5 nitrogen and oxygen atoms in total. The lowest BCUT2D eigenvalue weighted by Crippen LogP contribution is -2.14. The van der Waals surface area contributed by atoms with Crippen LogP contribution < -0.4 is 4.74 Å². The molecule has 0 fully saturated rings. The smallest absolute Gasteiger partial charge is 0.167 e. The van der Waals surface area contributed by atoms with E-state index in [0.29, 0.717) is 5.75 Å². The van der Waals surface area contributed by atoms with Crippen molar-refractivity contribution in [3.05, 3.63) is 47.5 Å². The Morgan fingerprint density at radius 2 is 1.92 bits per heavy atom. The minimum Gasteiger partial charge on any atom is -0.507 e. The van der Waals surface area contributed by atoms with Crippen molar-refractivity contribution in [2.24, 2.45) is 0 Å². The zero-order valence-corrected chi connectivity index (χ0v) is 15.9. The molecule has 26 heavy (non-hydrogen) atoms. The number of hydrogen-bond acceptors (Lipinski definition) is 5. The molecule has 140 valence electrons. The number of phenolic OH excluding ortho intramolecular Hbond substituents is 1. The Labute approximate surface area is 153 Å². The summed E-state index contributed by atoms with van der Waals surface area (Å²) < 4.78 is 10.7. The Morgan fingerprint density at radius 3 is 2.35 bits per heavy atom. The van der Waals surface area contributed by atoms with E-state index >= 15 is 0 Å². The van der Waals surface area contributed by atoms with Gasteiger partial charge in [0.05, 0.1) is 6.10 Å². The highest BCUT2D eigenvalue weighted by Crippen LogP contribution is 2.32. The first kappa shape index (κ1) is 19.8. The van der Waals surface area contributed by atoms with E-state index in [1.165, 1.54) is 18.6 Å². The van der Waals surface area contributed by atoms with Crippen LogP contribution in [0.3, 0.4) is 0 Å². The number of aliphatic hydroxyl groups is 1. The van der Waals surface area contributed by atoms with Crippen molar-refractivity contribution in [3.63, 3.8) is 0 Å². The number of fused-ring (bicyclic) bond motifs is 2. The molecule has 1 aromatic carbocycles. The SMILES string of the molecule is CC(=O)c1c(O)cccc1OCC(C)O.CC(C)(C)c1cc2ccc1o2. The van der Waals surface area contributed by atoms with Crippen LogP contribution in [0.25, 0.3) is 11.2 Å². The van der Waals surface area contributed by atoms with Gasteiger partial charge in [-0.05, 0) is 49.6 Å². The fourth-order valence-electron chi connectivity index (χ4n) is 2.58. The van der Waals surface area contributed by atoms with Crippen molar-refractivity contribution in [1.82, 2.24) is 0 Å². The standard InChI is InChI=1S/C11H14O4.C10H12O/c1-7(12)6-15-10-5-3-4-9(14)11(10)8(2)13;1-10(2,3)8-6-7-4-5-9(8)11-7/h3-5,7,12,14H,6H2,1-2H3;4-6H,1-3H3. The van der Waals surface area contributed by atoms with Gasteiger partial charge in [0.2, 0.25) is 0 Å². The quantitative estimate of drug-likeness (QED) is 0.670. The molecular formula is C21H26O5. The number of ketones is 1. The Kier molecular flexibility index (Phi) is 5.93. The molecule has 0 amide bonds. The van der Waals surface area contributed by atoms with Crippen LogP contribution in [-0.2, 0) is 5.41 Å². The summed E-state index contributed by atoms with van der Waals surface area (Å²) in [7, 11) is 0. The highest BCUT2D eigenvalue weighted by Gasteiger charge is 2.19. The van der Waals surface area contributed by atoms with Crippen LogP contribution in [0.4, 0.5) is 0 Å². The maximum Gasteiger partial charge on any atom is 0.167 e. The van der Waals surface area contributed by atoms with Crippen LogP contribution in [0.15, 0.2) is 40.8 Å². The fourth-order valence-corrected chi connectivity index (χ4v) is 2.58. The molecule has 0 saturated heterocycles. The molecule has 0 saturated carbocycles. The third kappa shape index (κ3) is 4.76. The van der Waals surface area contributed by atoms with Crippen molar-refractivity contribution in [2.75, 3.05) is 6.61 Å². The summed E-state index contributed by atoms with van der Waals surface area (Å²) in [5, 5.41) is 18.5. The average molecular weight is 358 g/mol. The molecule has 2 aromatic heterocycles. The van der Waals surface area contributed by atoms with Crippen LogP contribution >= 0.6 is 0 Å². The molecule has 2 heterocycles. The van der Waals surface area contributed by atoms with Crippen LogP contribution in [0, 0.1) is 0 Å². The van der Waals surface area contributed by atoms with E-state index in [2.05, 4.69) is 26.8 Å². The zero-order chi connectivity index (χ0) is 19.5. The van der Waals surface area contributed by atoms with Gasteiger partial charge in [-0.1, -0.05) is 26.8 Å². The molecule has 0 aliphatic rings. The number of hydrogen-bond donors (Lipinski definition) is 2. The number of ether oxygens (including phenoxy) is 1. The summed E-state index contributed by atoms with van der Waals surface area (Å²) >= 11 is 0. The minimum absolute atomic E-state index is 0.0870. The molecule has 0 aliphatic heterocycles. The van der Waals surface area contributed by atoms with Gasteiger partial charge in [0.25, 0.3) is 0 Å². The fraction of sp³-hybridized carbons (Fsp3) is 0.381. The predicted molar refractivity (Wildman–Crippen MR) is 101 cm³/mol. The van der Waals surface area contributed by atoms with Crippen LogP contribution in [0.5, 0.6) is 11.5 Å². The molecule has 2 bridgehead atoms. The van der Waals surface area contributed by atoms with Crippen molar-refractivity contribution in [3.8, 4) is 11.5 Å². The third-order valence-corrected chi connectivity index (χ3v) is 3.82. The van der Waals surface area contributed by atoms with Crippen molar-refractivity contribution in [1.29, 1.82) is 0 Å². The van der Waals surface area contributed by atoms with Crippen LogP contribution in [0.1, 0.15) is 50.5 Å². The number of aliphatic hydroxyl groups excluding tert-OH is 1. The maximum atomic E-state index is 11.2. The third-order valence-electron chi connectivity index (χ3n) is 3.82. The number of phenols is 1. The molecule has 1 unspecified atom stereocenters. The summed E-state index contributed by atoms with van der Waals surface area (Å²) in [5.41, 5.74) is 3.70. The van der Waals surface area contributed by atoms with Gasteiger partial charge in [0.15, 0.2) is 5.78 Å². The predicted octanol–water partition coefficient (Wildman–Crippen LogP) is 4.52. The van der Waals surface area contributed by atoms with Crippen LogP contribution in [-0.4, -0.2) is 28.7 Å². The highest BCUT2D eigenvalue weighted by molar-refractivity contribution is 5.99. The van der Waals surface area contributed by atoms with E-state index in [1.54, 1.807) is 19.1 Å². The summed E-state index contributed by atoms with van der Waals surface area (Å²) in [4.78, 5) is 11.2. The van der Waals surface area contributed by atoms with Gasteiger partial charge in [-0.3, -0.25) is 4.79 Å². The summed E-state index contributed by atoms with van der Waals surface area (Å²) in [6.45, 7) is 9.61. The first-order valence-electron chi connectivity index (χ1n) is 8.55. The minimum atomic E-state index is -0.618. The molecule has 0 aliphatic carbocycles. The Hall–Kier alpha value is -2.53.